The van der Waals surface area contributed by atoms with Crippen molar-refractivity contribution in [2.45, 2.75) is 26.3 Å². The summed E-state index contributed by atoms with van der Waals surface area (Å²) in [5.41, 5.74) is 2.15. The lowest BCUT2D eigenvalue weighted by molar-refractivity contribution is -0.132. The van der Waals surface area contributed by atoms with Gasteiger partial charge in [0.05, 0.1) is 17.9 Å². The van der Waals surface area contributed by atoms with E-state index in [0.717, 1.165) is 0 Å². The molecule has 0 fully saturated rings. The fourth-order valence-corrected chi connectivity index (χ4v) is 3.21. The molecule has 2 amide bonds. The fraction of sp³-hybridized carbons (Fsp3) is 0.182. The average molecular weight is 423 g/mol. The maximum absolute atomic E-state index is 13.2. The Balaban J connectivity index is 1.53. The van der Waals surface area contributed by atoms with Crippen molar-refractivity contribution >= 4 is 23.3 Å². The highest BCUT2D eigenvalue weighted by Gasteiger charge is 2.25. The van der Waals surface area contributed by atoms with Crippen LogP contribution in [0.2, 0.25) is 0 Å². The Hall–Kier alpha value is -3.88. The van der Waals surface area contributed by atoms with Crippen LogP contribution in [0.5, 0.6) is 0 Å². The van der Waals surface area contributed by atoms with E-state index in [9.17, 15) is 18.4 Å². The maximum atomic E-state index is 13.2. The van der Waals surface area contributed by atoms with Crippen molar-refractivity contribution in [2.75, 3.05) is 5.32 Å². The molecule has 0 spiro atoms. The first-order valence-corrected chi connectivity index (χ1v) is 9.65. The molecule has 31 heavy (non-hydrogen) atoms. The van der Waals surface area contributed by atoms with Gasteiger partial charge < -0.3 is 5.32 Å². The van der Waals surface area contributed by atoms with Crippen molar-refractivity contribution in [1.29, 1.82) is 0 Å². The van der Waals surface area contributed by atoms with E-state index < -0.39 is 5.91 Å². The molecular formula is C22H19F2N5O2. The van der Waals surface area contributed by atoms with Gasteiger partial charge in [-0.05, 0) is 48.9 Å². The summed E-state index contributed by atoms with van der Waals surface area (Å²) in [6.07, 6.45) is 0.345. The number of amides is 2. The van der Waals surface area contributed by atoms with Crippen LogP contribution in [0, 0.1) is 18.6 Å². The van der Waals surface area contributed by atoms with E-state index >= 15 is 0 Å². The van der Waals surface area contributed by atoms with E-state index in [1.807, 2.05) is 0 Å². The van der Waals surface area contributed by atoms with Crippen LogP contribution in [-0.4, -0.2) is 32.3 Å². The number of hydrogen-bond donors (Lipinski definition) is 1. The first kappa shape index (κ1) is 20.4. The highest BCUT2D eigenvalue weighted by molar-refractivity contribution is 6.43. The van der Waals surface area contributed by atoms with Crippen LogP contribution >= 0.6 is 0 Å². The van der Waals surface area contributed by atoms with Gasteiger partial charge in [-0.3, -0.25) is 9.59 Å². The average Bonchev–Trinajstić information content (AvgIpc) is 3.11. The molecule has 0 radical (unpaired) electrons. The van der Waals surface area contributed by atoms with Crippen molar-refractivity contribution in [1.82, 2.24) is 14.8 Å². The Kier molecular flexibility index (Phi) is 5.57. The monoisotopic (exact) mass is 423 g/mol. The van der Waals surface area contributed by atoms with Crippen LogP contribution in [0.3, 0.4) is 0 Å². The lowest BCUT2D eigenvalue weighted by Gasteiger charge is -2.23. The van der Waals surface area contributed by atoms with Gasteiger partial charge in [-0.25, -0.2) is 18.5 Å². The molecule has 3 aromatic rings. The molecule has 1 N–H and O–H groups in total. The molecule has 9 heteroatoms. The molecular weight excluding hydrogens is 404 g/mol. The van der Waals surface area contributed by atoms with Crippen LogP contribution in [-0.2, 0) is 16.1 Å². The molecule has 2 aromatic carbocycles. The Bertz CT molecular complexity index is 1150. The SMILES string of the molecule is Cc1cc(NC(=O)C2=NN(Cc3ccc(F)cc3)C(=O)CC2)n(-c2ccc(F)cc2)n1. The number of halogens is 2. The van der Waals surface area contributed by atoms with Crippen molar-refractivity contribution in [3.8, 4) is 5.69 Å². The number of carbonyl (C=O) groups is 2. The zero-order chi connectivity index (χ0) is 22.0. The number of benzene rings is 2. The number of nitrogens with zero attached hydrogens (tertiary/aromatic N) is 4. The number of nitrogens with one attached hydrogen (secondary N) is 1. The number of rotatable bonds is 5. The normalized spacial score (nSPS) is 13.8. The second kappa shape index (κ2) is 8.47. The van der Waals surface area contributed by atoms with Gasteiger partial charge in [-0.2, -0.15) is 10.2 Å². The van der Waals surface area contributed by atoms with E-state index in [1.54, 1.807) is 37.3 Å². The second-order valence-electron chi connectivity index (χ2n) is 7.14. The minimum Gasteiger partial charge on any atom is -0.305 e. The Morgan fingerprint density at radius 3 is 2.35 bits per heavy atom. The molecule has 158 valence electrons. The molecule has 1 aliphatic heterocycles. The minimum atomic E-state index is -0.458. The van der Waals surface area contributed by atoms with E-state index in [2.05, 4.69) is 15.5 Å². The summed E-state index contributed by atoms with van der Waals surface area (Å²) in [5.74, 6) is -1.02. The second-order valence-corrected chi connectivity index (χ2v) is 7.14. The summed E-state index contributed by atoms with van der Waals surface area (Å²) in [7, 11) is 0. The smallest absolute Gasteiger partial charge is 0.273 e. The number of aromatic nitrogens is 2. The van der Waals surface area contributed by atoms with Crippen LogP contribution < -0.4 is 5.32 Å². The molecule has 1 aliphatic rings. The highest BCUT2D eigenvalue weighted by atomic mass is 19.1. The summed E-state index contributed by atoms with van der Waals surface area (Å²) < 4.78 is 27.8. The van der Waals surface area contributed by atoms with Crippen LogP contribution in [0.15, 0.2) is 59.7 Å². The number of aryl methyl sites for hydroxylation is 1. The van der Waals surface area contributed by atoms with Gasteiger partial charge in [-0.1, -0.05) is 12.1 Å². The highest BCUT2D eigenvalue weighted by Crippen LogP contribution is 2.19. The van der Waals surface area contributed by atoms with Crippen LogP contribution in [0.1, 0.15) is 24.1 Å². The molecule has 7 nitrogen and oxygen atoms in total. The third-order valence-electron chi connectivity index (χ3n) is 4.76. The largest absolute Gasteiger partial charge is 0.305 e. The topological polar surface area (TPSA) is 79.6 Å². The van der Waals surface area contributed by atoms with Gasteiger partial charge in [0.15, 0.2) is 0 Å². The van der Waals surface area contributed by atoms with Gasteiger partial charge in [-0.15, -0.1) is 0 Å². The summed E-state index contributed by atoms with van der Waals surface area (Å²) in [5, 5.41) is 12.5. The molecule has 0 bridgehead atoms. The predicted octanol–water partition coefficient (Wildman–Crippen LogP) is 3.58. The van der Waals surface area contributed by atoms with E-state index in [-0.39, 0.29) is 42.6 Å². The molecule has 2 heterocycles. The van der Waals surface area contributed by atoms with Crippen molar-refractivity contribution in [3.05, 3.63) is 77.5 Å². The quantitative estimate of drug-likeness (QED) is 0.681. The van der Waals surface area contributed by atoms with Gasteiger partial charge in [0.1, 0.15) is 23.2 Å². The van der Waals surface area contributed by atoms with Gasteiger partial charge in [0.25, 0.3) is 5.91 Å². The Morgan fingerprint density at radius 1 is 1.03 bits per heavy atom. The van der Waals surface area contributed by atoms with Gasteiger partial charge >= 0.3 is 0 Å². The molecule has 4 rings (SSSR count). The lowest BCUT2D eigenvalue weighted by Crippen LogP contribution is -2.36. The van der Waals surface area contributed by atoms with Gasteiger partial charge in [0.2, 0.25) is 5.91 Å². The molecule has 0 aliphatic carbocycles. The van der Waals surface area contributed by atoms with Crippen LogP contribution in [0.25, 0.3) is 5.69 Å². The van der Waals surface area contributed by atoms with Gasteiger partial charge in [0, 0.05) is 18.9 Å². The molecule has 0 unspecified atom stereocenters. The summed E-state index contributed by atoms with van der Waals surface area (Å²) >= 11 is 0. The van der Waals surface area contributed by atoms with E-state index in [4.69, 9.17) is 0 Å². The molecule has 1 aromatic heterocycles. The minimum absolute atomic E-state index is 0.141. The van der Waals surface area contributed by atoms with E-state index in [0.29, 0.717) is 22.8 Å². The zero-order valence-electron chi connectivity index (χ0n) is 16.7. The molecule has 0 atom stereocenters. The first-order chi connectivity index (χ1) is 14.9. The van der Waals surface area contributed by atoms with E-state index in [1.165, 1.54) is 34.0 Å². The van der Waals surface area contributed by atoms with Crippen molar-refractivity contribution in [2.24, 2.45) is 5.10 Å². The number of carbonyl (C=O) groups excluding carboxylic acids is 2. The Morgan fingerprint density at radius 2 is 1.68 bits per heavy atom. The first-order valence-electron chi connectivity index (χ1n) is 9.65. The zero-order valence-corrected chi connectivity index (χ0v) is 16.7. The van der Waals surface area contributed by atoms with Crippen molar-refractivity contribution in [3.63, 3.8) is 0 Å². The maximum Gasteiger partial charge on any atom is 0.273 e. The molecule has 0 saturated carbocycles. The summed E-state index contributed by atoms with van der Waals surface area (Å²) in [6.45, 7) is 1.92. The molecule has 0 saturated heterocycles. The van der Waals surface area contributed by atoms with Crippen LogP contribution in [0.4, 0.5) is 14.6 Å². The lowest BCUT2D eigenvalue weighted by atomic mass is 10.1. The third kappa shape index (κ3) is 4.66. The standard InChI is InChI=1S/C22H19F2N5O2/c1-14-12-20(29(26-14)18-8-6-17(24)7-9-18)25-22(31)19-10-11-21(30)28(27-19)13-15-2-4-16(23)5-3-15/h2-9,12H,10-11,13H2,1H3,(H,25,31). The fourth-order valence-electron chi connectivity index (χ4n) is 3.21. The third-order valence-corrected chi connectivity index (χ3v) is 4.76. The number of hydrogen-bond acceptors (Lipinski definition) is 4. The summed E-state index contributed by atoms with van der Waals surface area (Å²) in [6, 6.07) is 13.2. The summed E-state index contributed by atoms with van der Waals surface area (Å²) in [4.78, 5) is 25.1. The van der Waals surface area contributed by atoms with Crippen molar-refractivity contribution < 1.29 is 18.4 Å². The Labute approximate surface area is 177 Å². The number of hydrazone groups is 1. The number of anilines is 1. The predicted molar refractivity (Wildman–Crippen MR) is 111 cm³/mol.